The fourth-order valence-corrected chi connectivity index (χ4v) is 5.65. The second kappa shape index (κ2) is 10.2. The largest absolute Gasteiger partial charge is 0.381 e. The number of hydrogen-bond acceptors (Lipinski definition) is 6. The van der Waals surface area contributed by atoms with Crippen molar-refractivity contribution in [1.82, 2.24) is 29.0 Å². The monoisotopic (exact) mass is 567 g/mol. The summed E-state index contributed by atoms with van der Waals surface area (Å²) in [5.41, 5.74) is 9.51. The maximum absolute atomic E-state index is 14.3. The van der Waals surface area contributed by atoms with E-state index in [0.717, 1.165) is 5.69 Å². The number of para-hydroxylation sites is 1. The Balaban J connectivity index is 1.34. The van der Waals surface area contributed by atoms with E-state index in [0.29, 0.717) is 52.0 Å². The topological polar surface area (TPSA) is 129 Å². The van der Waals surface area contributed by atoms with Crippen molar-refractivity contribution in [2.24, 2.45) is 0 Å². The van der Waals surface area contributed by atoms with Crippen LogP contribution in [0.4, 0.5) is 5.82 Å². The number of nitrogens with zero attached hydrogens (tertiary/aromatic N) is 5. The van der Waals surface area contributed by atoms with Crippen LogP contribution in [0.2, 0.25) is 0 Å². The van der Waals surface area contributed by atoms with Gasteiger partial charge in [-0.15, -0.1) is 5.10 Å². The van der Waals surface area contributed by atoms with Crippen molar-refractivity contribution in [3.63, 3.8) is 0 Å². The zero-order valence-electron chi connectivity index (χ0n) is 23.1. The lowest BCUT2D eigenvalue weighted by Crippen LogP contribution is -2.32. The molecule has 43 heavy (non-hydrogen) atoms. The minimum absolute atomic E-state index is 0.0589. The van der Waals surface area contributed by atoms with Gasteiger partial charge in [0.15, 0.2) is 17.2 Å². The zero-order valence-corrected chi connectivity index (χ0v) is 23.1. The molecule has 0 saturated heterocycles. The van der Waals surface area contributed by atoms with Crippen LogP contribution < -0.4 is 16.6 Å². The lowest BCUT2D eigenvalue weighted by Gasteiger charge is -2.21. The van der Waals surface area contributed by atoms with Crippen LogP contribution in [-0.2, 0) is 6.54 Å². The predicted octanol–water partition coefficient (Wildman–Crippen LogP) is 3.89. The molecule has 7 rings (SSSR count). The summed E-state index contributed by atoms with van der Waals surface area (Å²) in [5.74, 6) is 6.06. The number of ketones is 1. The van der Waals surface area contributed by atoms with Crippen molar-refractivity contribution in [3.8, 4) is 17.5 Å². The van der Waals surface area contributed by atoms with Gasteiger partial charge in [-0.25, -0.2) is 9.50 Å². The molecule has 3 N–H and O–H groups in total. The number of amides is 1. The lowest BCUT2D eigenvalue weighted by atomic mass is 10.0. The third-order valence-electron chi connectivity index (χ3n) is 7.68. The number of nitrogen functional groups attached to an aromatic ring is 1. The lowest BCUT2D eigenvalue weighted by molar-refractivity contribution is 0.0939. The van der Waals surface area contributed by atoms with E-state index in [1.165, 1.54) is 4.52 Å². The molecule has 0 unspecified atom stereocenters. The number of hydrogen-bond donors (Lipinski definition) is 2. The van der Waals surface area contributed by atoms with E-state index in [-0.39, 0.29) is 22.7 Å². The van der Waals surface area contributed by atoms with Crippen molar-refractivity contribution < 1.29 is 9.59 Å². The number of aromatic nitrogens is 5. The maximum atomic E-state index is 14.3. The summed E-state index contributed by atoms with van der Waals surface area (Å²) in [7, 11) is 0. The normalized spacial score (nSPS) is 13.1. The van der Waals surface area contributed by atoms with Crippen LogP contribution >= 0.6 is 0 Å². The Morgan fingerprint density at radius 1 is 1.02 bits per heavy atom. The van der Waals surface area contributed by atoms with Gasteiger partial charge in [0.2, 0.25) is 0 Å². The molecule has 6 aromatic rings. The van der Waals surface area contributed by atoms with Crippen LogP contribution in [0.25, 0.3) is 22.1 Å². The minimum Gasteiger partial charge on any atom is -0.381 e. The van der Waals surface area contributed by atoms with Crippen molar-refractivity contribution >= 4 is 33.9 Å². The number of Topliss-reactive ketones (excluding diaryl/α,β-unsaturated/α-hetero) is 1. The van der Waals surface area contributed by atoms with Crippen LogP contribution in [0.1, 0.15) is 57.2 Å². The standard InChI is InChI=1S/C33H25N7O3/c1-20(36-32(42)29-30(34)37-39-17-6-16-35-31(29)39)26-19-22-8-5-7-21(11-12-23-13-14-25-27(41)15-18-38(23)25)28(22)33(43)40(26)24-9-3-2-4-10-24/h2-10,13-14,16-17,19-20H,15,18H2,1H3,(H2,34,37)(H,36,42)/t20-/m0/s1. The van der Waals surface area contributed by atoms with Crippen LogP contribution in [0.3, 0.4) is 0 Å². The molecule has 10 heteroatoms. The first-order valence-electron chi connectivity index (χ1n) is 13.8. The Labute approximate surface area is 245 Å². The Bertz CT molecular complexity index is 2210. The molecular weight excluding hydrogens is 542 g/mol. The van der Waals surface area contributed by atoms with Crippen molar-refractivity contribution in [2.45, 2.75) is 25.9 Å². The van der Waals surface area contributed by atoms with E-state index in [4.69, 9.17) is 5.73 Å². The zero-order chi connectivity index (χ0) is 29.7. The Kier molecular flexibility index (Phi) is 6.13. The van der Waals surface area contributed by atoms with Gasteiger partial charge in [-0.2, -0.15) is 0 Å². The third kappa shape index (κ3) is 4.35. The van der Waals surface area contributed by atoms with E-state index >= 15 is 0 Å². The highest BCUT2D eigenvalue weighted by molar-refractivity contribution is 6.04. The number of benzene rings is 2. The molecule has 210 valence electrons. The highest BCUT2D eigenvalue weighted by atomic mass is 16.2. The summed E-state index contributed by atoms with van der Waals surface area (Å²) >= 11 is 0. The summed E-state index contributed by atoms with van der Waals surface area (Å²) in [5, 5.41) is 8.32. The molecule has 4 aromatic heterocycles. The molecule has 1 aliphatic rings. The highest BCUT2D eigenvalue weighted by Crippen LogP contribution is 2.25. The van der Waals surface area contributed by atoms with Crippen LogP contribution in [0.5, 0.6) is 0 Å². The molecule has 0 saturated carbocycles. The summed E-state index contributed by atoms with van der Waals surface area (Å²) < 4.78 is 4.97. The van der Waals surface area contributed by atoms with Gasteiger partial charge in [0, 0.05) is 42.3 Å². The molecule has 1 amide bonds. The minimum atomic E-state index is -0.599. The molecule has 0 fully saturated rings. The molecule has 0 spiro atoms. The van der Waals surface area contributed by atoms with E-state index < -0.39 is 11.9 Å². The van der Waals surface area contributed by atoms with Gasteiger partial charge in [-0.05, 0) is 60.7 Å². The maximum Gasteiger partial charge on any atom is 0.264 e. The summed E-state index contributed by atoms with van der Waals surface area (Å²) in [6.45, 7) is 2.41. The number of nitrogens with two attached hydrogens (primary N) is 1. The molecular formula is C33H25N7O3. The number of anilines is 1. The van der Waals surface area contributed by atoms with Crippen molar-refractivity contribution in [1.29, 1.82) is 0 Å². The van der Waals surface area contributed by atoms with Gasteiger partial charge in [-0.1, -0.05) is 36.3 Å². The van der Waals surface area contributed by atoms with E-state index in [1.807, 2.05) is 72.2 Å². The van der Waals surface area contributed by atoms with E-state index in [1.54, 1.807) is 29.1 Å². The molecule has 5 heterocycles. The van der Waals surface area contributed by atoms with Gasteiger partial charge in [0.1, 0.15) is 5.56 Å². The summed E-state index contributed by atoms with van der Waals surface area (Å²) in [6, 6.07) is 21.4. The number of fused-ring (bicyclic) bond motifs is 3. The SMILES string of the molecule is C[C@H](NC(=O)c1c(N)nn2cccnc12)c1cc2cccc(C#Cc3ccc4n3CCC4=O)c2c(=O)n1-c1ccccc1. The van der Waals surface area contributed by atoms with Gasteiger partial charge in [0.05, 0.1) is 22.8 Å². The quantitative estimate of drug-likeness (QED) is 0.311. The number of carbonyl (C=O) groups excluding carboxylic acids is 2. The number of nitrogens with one attached hydrogen (secondary N) is 1. The van der Waals surface area contributed by atoms with Crippen molar-refractivity contribution in [2.75, 3.05) is 5.73 Å². The molecule has 1 aliphatic heterocycles. The molecule has 10 nitrogen and oxygen atoms in total. The number of pyridine rings is 1. The Morgan fingerprint density at radius 3 is 2.70 bits per heavy atom. The van der Waals surface area contributed by atoms with Crippen molar-refractivity contribution in [3.05, 3.63) is 124 Å². The first-order chi connectivity index (χ1) is 20.9. The predicted molar refractivity (Wildman–Crippen MR) is 162 cm³/mol. The fraction of sp³-hybridized carbons (Fsp3) is 0.121. The van der Waals surface area contributed by atoms with Crippen LogP contribution in [0, 0.1) is 11.8 Å². The Hall–Kier alpha value is -5.95. The fourth-order valence-electron chi connectivity index (χ4n) is 5.65. The second-order valence-electron chi connectivity index (χ2n) is 10.3. The molecule has 0 bridgehead atoms. The molecule has 0 radical (unpaired) electrons. The van der Waals surface area contributed by atoms with Gasteiger partial charge < -0.3 is 15.6 Å². The van der Waals surface area contributed by atoms with E-state index in [2.05, 4.69) is 27.2 Å². The smallest absolute Gasteiger partial charge is 0.264 e. The second-order valence-corrected chi connectivity index (χ2v) is 10.3. The first kappa shape index (κ1) is 26.0. The van der Waals surface area contributed by atoms with E-state index in [9.17, 15) is 14.4 Å². The van der Waals surface area contributed by atoms with Crippen LogP contribution in [-0.4, -0.2) is 35.4 Å². The highest BCUT2D eigenvalue weighted by Gasteiger charge is 2.24. The average Bonchev–Trinajstić information content (AvgIpc) is 3.69. The third-order valence-corrected chi connectivity index (χ3v) is 7.68. The van der Waals surface area contributed by atoms with Crippen LogP contribution in [0.15, 0.2) is 90.0 Å². The Morgan fingerprint density at radius 2 is 1.86 bits per heavy atom. The van der Waals surface area contributed by atoms with Gasteiger partial charge in [0.25, 0.3) is 11.5 Å². The summed E-state index contributed by atoms with van der Waals surface area (Å²) in [6.07, 6.45) is 3.70. The van der Waals surface area contributed by atoms with Gasteiger partial charge in [-0.3, -0.25) is 19.0 Å². The first-order valence-corrected chi connectivity index (χ1v) is 13.8. The average molecular weight is 568 g/mol. The number of carbonyl (C=O) groups is 2. The molecule has 0 aliphatic carbocycles. The molecule has 2 aromatic carbocycles. The van der Waals surface area contributed by atoms with Gasteiger partial charge >= 0.3 is 0 Å². The number of rotatable bonds is 4. The molecule has 1 atom stereocenters. The summed E-state index contributed by atoms with van der Waals surface area (Å²) in [4.78, 5) is 44.1.